The molecule has 1 spiro atoms. The summed E-state index contributed by atoms with van der Waals surface area (Å²) < 4.78 is 6.78. The third-order valence-electron chi connectivity index (χ3n) is 8.88. The summed E-state index contributed by atoms with van der Waals surface area (Å²) in [6, 6.07) is -1.44. The maximum atomic E-state index is 14.4. The molecule has 0 radical (unpaired) electrons. The van der Waals surface area contributed by atoms with Gasteiger partial charge in [-0.3, -0.25) is 14.4 Å². The van der Waals surface area contributed by atoms with Crippen molar-refractivity contribution in [1.29, 1.82) is 0 Å². The zero-order valence-corrected chi connectivity index (χ0v) is 24.2. The van der Waals surface area contributed by atoms with Gasteiger partial charge in [-0.15, -0.1) is 13.2 Å². The number of ether oxygens (including phenoxy) is 1. The van der Waals surface area contributed by atoms with Gasteiger partial charge < -0.3 is 24.5 Å². The van der Waals surface area contributed by atoms with Crippen LogP contribution in [0.5, 0.6) is 0 Å². The molecule has 3 heterocycles. The Morgan fingerprint density at radius 3 is 2.24 bits per heavy atom. The molecule has 0 aromatic rings. The van der Waals surface area contributed by atoms with Crippen LogP contribution in [0.25, 0.3) is 0 Å². The number of likely N-dealkylation sites (tertiary alicyclic amines) is 1. The Labute approximate surface area is 229 Å². The molecule has 3 amide bonds. The van der Waals surface area contributed by atoms with E-state index in [9.17, 15) is 19.5 Å². The zero-order valence-electron chi connectivity index (χ0n) is 24.2. The molecule has 2 bridgehead atoms. The van der Waals surface area contributed by atoms with E-state index in [2.05, 4.69) is 20.1 Å². The summed E-state index contributed by atoms with van der Waals surface area (Å²) in [5.74, 6) is -2.07. The summed E-state index contributed by atoms with van der Waals surface area (Å²) >= 11 is 0. The van der Waals surface area contributed by atoms with Crippen molar-refractivity contribution in [2.24, 2.45) is 17.8 Å². The predicted molar refractivity (Wildman–Crippen MR) is 148 cm³/mol. The predicted octanol–water partition coefficient (Wildman–Crippen LogP) is 3.40. The molecule has 0 saturated carbocycles. The van der Waals surface area contributed by atoms with Crippen molar-refractivity contribution in [2.45, 2.75) is 96.4 Å². The maximum absolute atomic E-state index is 14.4. The Bertz CT molecular complexity index is 906. The van der Waals surface area contributed by atoms with Crippen LogP contribution >= 0.6 is 0 Å². The van der Waals surface area contributed by atoms with Gasteiger partial charge in [-0.25, -0.2) is 0 Å². The highest BCUT2D eigenvalue weighted by molar-refractivity contribution is 5.99. The second-order valence-corrected chi connectivity index (χ2v) is 11.8. The number of hydrogen-bond donors (Lipinski definition) is 1. The number of carbonyl (C=O) groups is 3. The lowest BCUT2D eigenvalue weighted by Gasteiger charge is -2.40. The summed E-state index contributed by atoms with van der Waals surface area (Å²) in [6.07, 6.45) is 8.21. The van der Waals surface area contributed by atoms with Crippen molar-refractivity contribution < 1.29 is 24.2 Å². The molecule has 8 heteroatoms. The van der Waals surface area contributed by atoms with Gasteiger partial charge in [-0.1, -0.05) is 52.7 Å². The molecule has 0 aromatic heterocycles. The number of carbonyl (C=O) groups excluding carboxylic acids is 3. The van der Waals surface area contributed by atoms with E-state index in [0.717, 1.165) is 25.7 Å². The van der Waals surface area contributed by atoms with Crippen LogP contribution in [0.1, 0.15) is 73.1 Å². The van der Waals surface area contributed by atoms with Gasteiger partial charge in [0.2, 0.25) is 17.7 Å². The van der Waals surface area contributed by atoms with E-state index in [-0.39, 0.29) is 30.2 Å². The van der Waals surface area contributed by atoms with Crippen LogP contribution in [0.2, 0.25) is 0 Å². The van der Waals surface area contributed by atoms with Gasteiger partial charge in [0.25, 0.3) is 0 Å². The first-order valence-corrected chi connectivity index (χ1v) is 14.5. The quantitative estimate of drug-likeness (QED) is 0.258. The average Bonchev–Trinajstić information content (AvgIpc) is 3.44. The molecule has 3 aliphatic heterocycles. The number of unbranched alkanes of at least 4 members (excludes halogenated alkanes) is 2. The molecule has 3 saturated heterocycles. The van der Waals surface area contributed by atoms with Gasteiger partial charge >= 0.3 is 0 Å². The molecular formula is C30H49N3O5. The highest BCUT2D eigenvalue weighted by Crippen LogP contribution is 2.64. The third kappa shape index (κ3) is 5.06. The van der Waals surface area contributed by atoms with Gasteiger partial charge in [0.1, 0.15) is 11.6 Å². The third-order valence-corrected chi connectivity index (χ3v) is 8.88. The fourth-order valence-corrected chi connectivity index (χ4v) is 7.08. The smallest absolute Gasteiger partial charge is 0.248 e. The van der Waals surface area contributed by atoms with Crippen molar-refractivity contribution in [3.05, 3.63) is 25.3 Å². The maximum Gasteiger partial charge on any atom is 0.248 e. The Hall–Kier alpha value is -2.19. The molecule has 214 valence electrons. The summed E-state index contributed by atoms with van der Waals surface area (Å²) in [7, 11) is 0. The van der Waals surface area contributed by atoms with E-state index >= 15 is 0 Å². The van der Waals surface area contributed by atoms with E-state index < -0.39 is 35.1 Å². The zero-order chi connectivity index (χ0) is 28.3. The Morgan fingerprint density at radius 1 is 1.08 bits per heavy atom. The second kappa shape index (κ2) is 12.3. The van der Waals surface area contributed by atoms with Crippen molar-refractivity contribution in [1.82, 2.24) is 14.7 Å². The number of nitrogens with zero attached hydrogens (tertiary/aromatic N) is 3. The first-order valence-electron chi connectivity index (χ1n) is 14.5. The summed E-state index contributed by atoms with van der Waals surface area (Å²) in [5.41, 5.74) is -1.92. The fourth-order valence-electron chi connectivity index (χ4n) is 7.08. The molecule has 2 unspecified atom stereocenters. The minimum atomic E-state index is -1.10. The lowest BCUT2D eigenvalue weighted by molar-refractivity contribution is -0.157. The largest absolute Gasteiger partial charge is 0.394 e. The number of aliphatic hydroxyl groups is 1. The fraction of sp³-hybridized carbons (Fsp3) is 0.767. The number of rotatable bonds is 15. The van der Waals surface area contributed by atoms with Gasteiger partial charge in [0, 0.05) is 26.2 Å². The van der Waals surface area contributed by atoms with Gasteiger partial charge in [-0.2, -0.15) is 0 Å². The molecule has 3 rings (SSSR count). The number of amides is 3. The number of hydrogen-bond acceptors (Lipinski definition) is 5. The second-order valence-electron chi connectivity index (χ2n) is 11.8. The monoisotopic (exact) mass is 531 g/mol. The van der Waals surface area contributed by atoms with E-state index in [1.54, 1.807) is 26.9 Å². The van der Waals surface area contributed by atoms with Gasteiger partial charge in [0.15, 0.2) is 0 Å². The van der Waals surface area contributed by atoms with Crippen LogP contribution in [0.4, 0.5) is 0 Å². The van der Waals surface area contributed by atoms with Crippen molar-refractivity contribution in [2.75, 3.05) is 32.8 Å². The minimum Gasteiger partial charge on any atom is -0.394 e. The Balaban J connectivity index is 2.11. The van der Waals surface area contributed by atoms with E-state index in [1.165, 1.54) is 0 Å². The molecule has 3 aliphatic rings. The van der Waals surface area contributed by atoms with E-state index in [1.807, 2.05) is 27.7 Å². The van der Waals surface area contributed by atoms with Gasteiger partial charge in [0.05, 0.1) is 30.1 Å². The summed E-state index contributed by atoms with van der Waals surface area (Å²) in [5, 5.41) is 10.4. The standard InChI is InChI=1S/C30H49N3O5/c1-8-12-13-19-32(18-11-4)28(37)25-30-15-14-29(7,38-30)23(26(35)31(16-9-2)17-10-3)24(30)27(36)33(25)22(20-34)21(5)6/h9,11,21-25,34H,2,4,8,10,12-20H2,1,3,5-7H3/t22-,23-,24-,25?,29+,30?/m0/s1. The number of fused-ring (bicyclic) bond motifs is 1. The van der Waals surface area contributed by atoms with Crippen LogP contribution in [-0.4, -0.2) is 93.6 Å². The molecule has 8 nitrogen and oxygen atoms in total. The van der Waals surface area contributed by atoms with Crippen LogP contribution in [0.15, 0.2) is 25.3 Å². The topological polar surface area (TPSA) is 90.4 Å². The van der Waals surface area contributed by atoms with Crippen LogP contribution in [-0.2, 0) is 19.1 Å². The van der Waals surface area contributed by atoms with Crippen molar-refractivity contribution in [3.8, 4) is 0 Å². The first kappa shape index (κ1) is 30.4. The molecule has 0 aliphatic carbocycles. The SMILES string of the molecule is C=CCN(CCCCC)C(=O)C1N([C@@H](CO)C(C)C)C(=O)[C@@H]2[C@@H](C(=O)N(CC=C)CCC)[C@@]3(C)CCC12O3. The average molecular weight is 532 g/mol. The van der Waals surface area contributed by atoms with E-state index in [4.69, 9.17) is 4.74 Å². The number of aliphatic hydroxyl groups excluding tert-OH is 1. The summed E-state index contributed by atoms with van der Waals surface area (Å²) in [4.78, 5) is 47.9. The van der Waals surface area contributed by atoms with Gasteiger partial charge in [-0.05, 0) is 38.5 Å². The molecule has 0 aromatic carbocycles. The normalized spacial score (nSPS) is 30.4. The van der Waals surface area contributed by atoms with Crippen LogP contribution in [0.3, 0.4) is 0 Å². The lowest BCUT2D eigenvalue weighted by atomic mass is 9.66. The highest BCUT2D eigenvalue weighted by Gasteiger charge is 2.78. The molecule has 3 fully saturated rings. The lowest BCUT2D eigenvalue weighted by Crippen LogP contribution is -2.59. The molecule has 38 heavy (non-hydrogen) atoms. The first-order chi connectivity index (χ1) is 18.1. The van der Waals surface area contributed by atoms with Crippen LogP contribution in [0, 0.1) is 17.8 Å². The minimum absolute atomic E-state index is 0.0817. The summed E-state index contributed by atoms with van der Waals surface area (Å²) in [6.45, 7) is 19.3. The van der Waals surface area contributed by atoms with Crippen molar-refractivity contribution >= 4 is 17.7 Å². The highest BCUT2D eigenvalue weighted by atomic mass is 16.5. The molecular weight excluding hydrogens is 482 g/mol. The Kier molecular flexibility index (Phi) is 9.85. The molecule has 1 N–H and O–H groups in total. The van der Waals surface area contributed by atoms with E-state index in [0.29, 0.717) is 39.0 Å². The Morgan fingerprint density at radius 2 is 1.71 bits per heavy atom. The van der Waals surface area contributed by atoms with Crippen LogP contribution < -0.4 is 0 Å². The van der Waals surface area contributed by atoms with Crippen molar-refractivity contribution in [3.63, 3.8) is 0 Å². The molecule has 6 atom stereocenters.